The van der Waals surface area contributed by atoms with Gasteiger partial charge in [-0.15, -0.1) is 0 Å². The number of halogens is 2. The van der Waals surface area contributed by atoms with Crippen molar-refractivity contribution in [2.45, 2.75) is 24.2 Å². The number of carboxylic acids is 1. The number of rotatable bonds is 12. The predicted octanol–water partition coefficient (Wildman–Crippen LogP) is 6.20. The van der Waals surface area contributed by atoms with Crippen LogP contribution in [-0.4, -0.2) is 49.8 Å². The molecular formula is C23H21ClFN5O4S3. The number of anilines is 2. The lowest BCUT2D eigenvalue weighted by Gasteiger charge is -2.15. The van der Waals surface area contributed by atoms with Crippen LogP contribution >= 0.6 is 46.9 Å². The number of thioether (sulfide) groups is 1. The molecule has 4 aromatic rings. The van der Waals surface area contributed by atoms with Crippen molar-refractivity contribution >= 4 is 75.3 Å². The lowest BCUT2D eigenvalue weighted by atomic mass is 10.2. The normalized spacial score (nSPS) is 11.0. The van der Waals surface area contributed by atoms with Gasteiger partial charge in [0, 0.05) is 22.9 Å². The molecule has 2 aromatic carbocycles. The number of aromatic nitrogens is 4. The average molecular weight is 582 g/mol. The minimum Gasteiger partial charge on any atom is -0.490 e. The van der Waals surface area contributed by atoms with E-state index in [9.17, 15) is 9.18 Å². The summed E-state index contributed by atoms with van der Waals surface area (Å²) >= 11 is 14.0. The summed E-state index contributed by atoms with van der Waals surface area (Å²) < 4.78 is 28.3. The van der Waals surface area contributed by atoms with E-state index in [1.165, 1.54) is 41.6 Å². The number of fused-ring (bicyclic) bond motifs is 1. The highest BCUT2D eigenvalue weighted by molar-refractivity contribution is 8.01. The quantitative estimate of drug-likeness (QED) is 0.148. The van der Waals surface area contributed by atoms with Gasteiger partial charge in [0.15, 0.2) is 19.8 Å². The fourth-order valence-electron chi connectivity index (χ4n) is 3.21. The van der Waals surface area contributed by atoms with Crippen LogP contribution in [0.2, 0.25) is 5.02 Å². The van der Waals surface area contributed by atoms with Crippen LogP contribution in [-0.2, 0) is 11.3 Å². The van der Waals surface area contributed by atoms with Crippen molar-refractivity contribution in [3.63, 3.8) is 0 Å². The number of ether oxygens (including phenoxy) is 2. The molecule has 0 aliphatic heterocycles. The van der Waals surface area contributed by atoms with E-state index in [-0.39, 0.29) is 18.1 Å². The third kappa shape index (κ3) is 7.06. The highest BCUT2D eigenvalue weighted by Crippen LogP contribution is 2.35. The Kier molecular flexibility index (Phi) is 9.14. The first-order chi connectivity index (χ1) is 17.8. The maximum absolute atomic E-state index is 13.6. The Morgan fingerprint density at radius 1 is 1.27 bits per heavy atom. The van der Waals surface area contributed by atoms with Crippen molar-refractivity contribution < 1.29 is 23.8 Å². The predicted molar refractivity (Wildman–Crippen MR) is 145 cm³/mol. The largest absolute Gasteiger partial charge is 0.490 e. The lowest BCUT2D eigenvalue weighted by molar-refractivity contribution is -0.136. The van der Waals surface area contributed by atoms with Gasteiger partial charge in [0.1, 0.15) is 24.6 Å². The third-order valence-corrected chi connectivity index (χ3v) is 7.61. The van der Waals surface area contributed by atoms with E-state index in [2.05, 4.69) is 20.4 Å². The zero-order chi connectivity index (χ0) is 26.4. The second-order valence-corrected chi connectivity index (χ2v) is 10.8. The number of nitrogens with zero attached hydrogens (tertiary/aromatic N) is 4. The molecule has 0 bridgehead atoms. The van der Waals surface area contributed by atoms with Crippen LogP contribution in [0.1, 0.15) is 13.3 Å². The van der Waals surface area contributed by atoms with Crippen LogP contribution < -0.4 is 14.8 Å². The molecule has 0 radical (unpaired) electrons. The van der Waals surface area contributed by atoms with Gasteiger partial charge < -0.3 is 19.9 Å². The van der Waals surface area contributed by atoms with Gasteiger partial charge in [-0.1, -0.05) is 34.7 Å². The topological polar surface area (TPSA) is 111 Å². The number of carbonyl (C=O) groups is 1. The standard InChI is InChI=1S/C23H21ClFN5O4S3/c1-2-33-19-11-17-14(21(27-12-26-17)28-13-3-4-16(25)15(24)9-13)10-18(19)34-7-6-30-23(35)37-22(29-30)36-8-5-20(31)32/h3-4,9-12H,2,5-8H2,1H3,(H,31,32)(H,26,27,28). The summed E-state index contributed by atoms with van der Waals surface area (Å²) in [6, 6.07) is 7.86. The van der Waals surface area contributed by atoms with Crippen LogP contribution in [0.4, 0.5) is 15.9 Å². The first kappa shape index (κ1) is 27.0. The summed E-state index contributed by atoms with van der Waals surface area (Å²) in [7, 11) is 0. The Bertz CT molecular complexity index is 1480. The fourth-order valence-corrected chi connectivity index (χ4v) is 5.77. The van der Waals surface area contributed by atoms with Gasteiger partial charge in [0.2, 0.25) is 0 Å². The molecule has 2 N–H and O–H groups in total. The SMILES string of the molecule is CCOc1cc2ncnc(Nc3ccc(F)c(Cl)c3)c2cc1OCCn1nc(SCCC(=O)O)sc1=S. The van der Waals surface area contributed by atoms with Crippen molar-refractivity contribution in [1.29, 1.82) is 0 Å². The van der Waals surface area contributed by atoms with E-state index in [0.29, 0.717) is 61.1 Å². The first-order valence-corrected chi connectivity index (χ1v) is 13.6. The van der Waals surface area contributed by atoms with Crippen molar-refractivity contribution in [3.8, 4) is 11.5 Å². The van der Waals surface area contributed by atoms with Crippen LogP contribution in [0.15, 0.2) is 41.0 Å². The number of benzene rings is 2. The van der Waals surface area contributed by atoms with Gasteiger partial charge >= 0.3 is 5.97 Å². The van der Waals surface area contributed by atoms with Gasteiger partial charge in [-0.3, -0.25) is 4.79 Å². The van der Waals surface area contributed by atoms with E-state index >= 15 is 0 Å². The van der Waals surface area contributed by atoms with Crippen LogP contribution in [0.25, 0.3) is 10.9 Å². The van der Waals surface area contributed by atoms with Gasteiger partial charge in [-0.25, -0.2) is 19.0 Å². The molecule has 2 heterocycles. The van der Waals surface area contributed by atoms with Crippen LogP contribution in [0.5, 0.6) is 11.5 Å². The van der Waals surface area contributed by atoms with Crippen LogP contribution in [0, 0.1) is 9.77 Å². The summed E-state index contributed by atoms with van der Waals surface area (Å²) in [4.78, 5) is 19.4. The van der Waals surface area contributed by atoms with Gasteiger partial charge in [-0.05, 0) is 43.4 Å². The number of carboxylic acid groups (broad SMARTS) is 1. The van der Waals surface area contributed by atoms with E-state index in [1.54, 1.807) is 22.9 Å². The minimum atomic E-state index is -0.852. The van der Waals surface area contributed by atoms with E-state index in [0.717, 1.165) is 0 Å². The highest BCUT2D eigenvalue weighted by Gasteiger charge is 2.14. The molecule has 4 rings (SSSR count). The van der Waals surface area contributed by atoms with Gasteiger partial charge in [-0.2, -0.15) is 5.10 Å². The summed E-state index contributed by atoms with van der Waals surface area (Å²) in [6.07, 6.45) is 1.47. The van der Waals surface area contributed by atoms with Crippen molar-refractivity contribution in [3.05, 3.63) is 51.5 Å². The zero-order valence-corrected chi connectivity index (χ0v) is 22.6. The van der Waals surface area contributed by atoms with E-state index < -0.39 is 11.8 Å². The molecule has 0 amide bonds. The Hall–Kier alpha value is -3.00. The smallest absolute Gasteiger partial charge is 0.304 e. The highest BCUT2D eigenvalue weighted by atomic mass is 35.5. The maximum atomic E-state index is 13.6. The number of nitrogens with one attached hydrogen (secondary N) is 1. The van der Waals surface area contributed by atoms with E-state index in [4.69, 9.17) is 38.4 Å². The lowest BCUT2D eigenvalue weighted by Crippen LogP contribution is -2.10. The molecule has 2 aromatic heterocycles. The van der Waals surface area contributed by atoms with Crippen molar-refractivity contribution in [1.82, 2.24) is 19.7 Å². The Labute approximate surface area is 229 Å². The summed E-state index contributed by atoms with van der Waals surface area (Å²) in [6.45, 7) is 2.95. The Balaban J connectivity index is 1.52. The molecule has 37 heavy (non-hydrogen) atoms. The second kappa shape index (κ2) is 12.5. The fraction of sp³-hybridized carbons (Fsp3) is 0.261. The van der Waals surface area contributed by atoms with Crippen molar-refractivity contribution in [2.24, 2.45) is 0 Å². The molecule has 0 saturated heterocycles. The monoisotopic (exact) mass is 581 g/mol. The van der Waals surface area contributed by atoms with Crippen molar-refractivity contribution in [2.75, 3.05) is 24.3 Å². The molecule has 194 valence electrons. The molecule has 0 saturated carbocycles. The maximum Gasteiger partial charge on any atom is 0.304 e. The van der Waals surface area contributed by atoms with Gasteiger partial charge in [0.05, 0.1) is 30.1 Å². The number of hydrogen-bond acceptors (Lipinski definition) is 10. The molecule has 9 nitrogen and oxygen atoms in total. The number of aliphatic carboxylic acids is 1. The molecule has 0 fully saturated rings. The number of hydrogen-bond donors (Lipinski definition) is 2. The minimum absolute atomic E-state index is 0.00453. The van der Waals surface area contributed by atoms with E-state index in [1.807, 2.05) is 6.92 Å². The van der Waals surface area contributed by atoms with Crippen LogP contribution in [0.3, 0.4) is 0 Å². The summed E-state index contributed by atoms with van der Waals surface area (Å²) in [5, 5.41) is 17.1. The first-order valence-electron chi connectivity index (χ1n) is 11.0. The molecule has 0 spiro atoms. The molecule has 0 atom stereocenters. The summed E-state index contributed by atoms with van der Waals surface area (Å²) in [5.41, 5.74) is 1.20. The third-order valence-electron chi connectivity index (χ3n) is 4.87. The zero-order valence-electron chi connectivity index (χ0n) is 19.4. The molecule has 0 unspecified atom stereocenters. The second-order valence-electron chi connectivity index (χ2n) is 7.42. The molecule has 0 aliphatic carbocycles. The average Bonchev–Trinajstić information content (AvgIpc) is 3.21. The molecular weight excluding hydrogens is 561 g/mol. The molecule has 0 aliphatic rings. The Morgan fingerprint density at radius 2 is 2.08 bits per heavy atom. The van der Waals surface area contributed by atoms with Gasteiger partial charge in [0.25, 0.3) is 0 Å². The summed E-state index contributed by atoms with van der Waals surface area (Å²) in [5.74, 6) is 0.562. The molecule has 14 heteroatoms. The Morgan fingerprint density at radius 3 is 2.84 bits per heavy atom.